The SMILES string of the molecule is c1ccc(-c2ccccc2N(c2ccc3c(c2)C2(Cc4ccccc4C2)c2ccccc2-3)c2ccc3c(c2)c2ccccc2n3-c2ccccc2)cc1. The first-order valence-electron chi connectivity index (χ1n) is 18.6. The number of aromatic nitrogens is 1. The zero-order chi connectivity index (χ0) is 34.9. The molecule has 53 heavy (non-hydrogen) atoms. The Labute approximate surface area is 309 Å². The van der Waals surface area contributed by atoms with Gasteiger partial charge in [0, 0.05) is 38.8 Å². The van der Waals surface area contributed by atoms with Crippen LogP contribution in [0.15, 0.2) is 194 Å². The predicted octanol–water partition coefficient (Wildman–Crippen LogP) is 13.0. The van der Waals surface area contributed by atoms with Crippen LogP contribution in [-0.4, -0.2) is 4.57 Å². The first-order valence-corrected chi connectivity index (χ1v) is 18.6. The monoisotopic (exact) mass is 676 g/mol. The summed E-state index contributed by atoms with van der Waals surface area (Å²) in [5.74, 6) is 0. The second kappa shape index (κ2) is 11.7. The van der Waals surface area contributed by atoms with Crippen LogP contribution >= 0.6 is 0 Å². The number of nitrogens with zero attached hydrogens (tertiary/aromatic N) is 2. The van der Waals surface area contributed by atoms with E-state index in [0.29, 0.717) is 0 Å². The van der Waals surface area contributed by atoms with Crippen molar-refractivity contribution < 1.29 is 0 Å². The highest BCUT2D eigenvalue weighted by atomic mass is 15.1. The Hall–Kier alpha value is -6.64. The van der Waals surface area contributed by atoms with Crippen molar-refractivity contribution in [3.8, 4) is 27.9 Å². The molecule has 2 aliphatic carbocycles. The molecule has 1 heterocycles. The van der Waals surface area contributed by atoms with E-state index < -0.39 is 0 Å². The predicted molar refractivity (Wildman–Crippen MR) is 221 cm³/mol. The molecule has 9 aromatic rings. The highest BCUT2D eigenvalue weighted by molar-refractivity contribution is 6.11. The van der Waals surface area contributed by atoms with Gasteiger partial charge in [0.2, 0.25) is 0 Å². The molecule has 2 heteroatoms. The van der Waals surface area contributed by atoms with Crippen LogP contribution in [0.1, 0.15) is 22.3 Å². The van der Waals surface area contributed by atoms with Crippen LogP contribution in [-0.2, 0) is 18.3 Å². The Balaban J connectivity index is 1.16. The fourth-order valence-corrected chi connectivity index (χ4v) is 9.49. The van der Waals surface area contributed by atoms with Gasteiger partial charge in [-0.05, 0) is 106 Å². The molecule has 0 aliphatic heterocycles. The summed E-state index contributed by atoms with van der Waals surface area (Å²) in [5.41, 5.74) is 17.9. The minimum absolute atomic E-state index is 0.0939. The molecule has 2 aliphatic rings. The first-order chi connectivity index (χ1) is 26.3. The van der Waals surface area contributed by atoms with Crippen molar-refractivity contribution in [2.75, 3.05) is 4.90 Å². The molecule has 0 radical (unpaired) electrons. The van der Waals surface area contributed by atoms with E-state index >= 15 is 0 Å². The summed E-state index contributed by atoms with van der Waals surface area (Å²) in [4.78, 5) is 2.50. The molecule has 2 nitrogen and oxygen atoms in total. The normalized spacial score (nSPS) is 13.7. The van der Waals surface area contributed by atoms with Crippen LogP contribution in [0.5, 0.6) is 0 Å². The zero-order valence-electron chi connectivity index (χ0n) is 29.3. The number of hydrogen-bond donors (Lipinski definition) is 0. The van der Waals surface area contributed by atoms with Crippen molar-refractivity contribution in [1.29, 1.82) is 0 Å². The third kappa shape index (κ3) is 4.52. The highest BCUT2D eigenvalue weighted by Gasteiger charge is 2.47. The second-order valence-electron chi connectivity index (χ2n) is 14.6. The van der Waals surface area contributed by atoms with Gasteiger partial charge in [-0.3, -0.25) is 0 Å². The van der Waals surface area contributed by atoms with Gasteiger partial charge in [0.05, 0.1) is 16.7 Å². The van der Waals surface area contributed by atoms with E-state index in [1.165, 1.54) is 77.7 Å². The number of fused-ring (bicyclic) bond motifs is 9. The van der Waals surface area contributed by atoms with E-state index in [-0.39, 0.29) is 5.41 Å². The molecule has 11 rings (SSSR count). The maximum atomic E-state index is 2.51. The Morgan fingerprint density at radius 1 is 0.415 bits per heavy atom. The average molecular weight is 677 g/mol. The summed E-state index contributed by atoms with van der Waals surface area (Å²) in [6, 6.07) is 71.6. The molecule has 0 bridgehead atoms. The fraction of sp³-hybridized carbons (Fsp3) is 0.0588. The minimum Gasteiger partial charge on any atom is -0.310 e. The van der Waals surface area contributed by atoms with E-state index in [2.05, 4.69) is 204 Å². The number of hydrogen-bond acceptors (Lipinski definition) is 1. The van der Waals surface area contributed by atoms with Gasteiger partial charge >= 0.3 is 0 Å². The topological polar surface area (TPSA) is 8.17 Å². The van der Waals surface area contributed by atoms with E-state index in [1.54, 1.807) is 0 Å². The zero-order valence-corrected chi connectivity index (χ0v) is 29.3. The third-order valence-electron chi connectivity index (χ3n) is 11.8. The van der Waals surface area contributed by atoms with Gasteiger partial charge in [-0.1, -0.05) is 140 Å². The van der Waals surface area contributed by atoms with Crippen LogP contribution in [0.2, 0.25) is 0 Å². The van der Waals surface area contributed by atoms with Crippen molar-refractivity contribution >= 4 is 38.9 Å². The lowest BCUT2D eigenvalue weighted by molar-refractivity contribution is 0.563. The van der Waals surface area contributed by atoms with Crippen molar-refractivity contribution in [2.45, 2.75) is 18.3 Å². The Bertz CT molecular complexity index is 2820. The van der Waals surface area contributed by atoms with E-state index in [0.717, 1.165) is 24.2 Å². The standard InChI is InChI=1S/C51H36N2/c1-3-15-35(16-4-1)41-21-10-13-25-48(41)52(39-28-30-50-45(31-39)44-23-11-14-26-49(44)53(50)38-19-5-2-6-20-38)40-27-29-43-42-22-9-12-24-46(42)51(47(43)32-40)33-36-17-7-8-18-37(36)34-51/h1-32H,33-34H2. The fourth-order valence-electron chi connectivity index (χ4n) is 9.49. The molecule has 0 saturated heterocycles. The molecule has 0 N–H and O–H groups in total. The average Bonchev–Trinajstić information content (AvgIpc) is 3.87. The van der Waals surface area contributed by atoms with Crippen LogP contribution < -0.4 is 4.90 Å². The van der Waals surface area contributed by atoms with E-state index in [1.807, 2.05) is 0 Å². The summed E-state index contributed by atoms with van der Waals surface area (Å²) >= 11 is 0. The number of para-hydroxylation sites is 3. The molecule has 0 fully saturated rings. The molecule has 0 atom stereocenters. The Kier molecular flexibility index (Phi) is 6.63. The Morgan fingerprint density at radius 3 is 1.81 bits per heavy atom. The quantitative estimate of drug-likeness (QED) is 0.176. The number of rotatable bonds is 5. The lowest BCUT2D eigenvalue weighted by Gasteiger charge is -2.31. The first kappa shape index (κ1) is 30.0. The molecule has 0 unspecified atom stereocenters. The van der Waals surface area contributed by atoms with Crippen LogP contribution in [0.25, 0.3) is 49.7 Å². The summed E-state index contributed by atoms with van der Waals surface area (Å²) in [5, 5.41) is 2.48. The van der Waals surface area contributed by atoms with Crippen LogP contribution in [0, 0.1) is 0 Å². The lowest BCUT2D eigenvalue weighted by atomic mass is 9.75. The summed E-state index contributed by atoms with van der Waals surface area (Å²) in [6.07, 6.45) is 2.03. The number of benzene rings is 8. The molecular weight excluding hydrogens is 641 g/mol. The molecule has 8 aromatic carbocycles. The van der Waals surface area contributed by atoms with Gasteiger partial charge in [-0.15, -0.1) is 0 Å². The molecule has 1 aromatic heterocycles. The van der Waals surface area contributed by atoms with E-state index in [9.17, 15) is 0 Å². The van der Waals surface area contributed by atoms with Crippen LogP contribution in [0.3, 0.4) is 0 Å². The highest BCUT2D eigenvalue weighted by Crippen LogP contribution is 2.57. The van der Waals surface area contributed by atoms with Crippen molar-refractivity contribution in [3.63, 3.8) is 0 Å². The van der Waals surface area contributed by atoms with Crippen molar-refractivity contribution in [2.24, 2.45) is 0 Å². The molecule has 250 valence electrons. The third-order valence-corrected chi connectivity index (χ3v) is 11.8. The smallest absolute Gasteiger partial charge is 0.0542 e. The molecular formula is C51H36N2. The summed E-state index contributed by atoms with van der Waals surface area (Å²) < 4.78 is 2.39. The van der Waals surface area contributed by atoms with Crippen molar-refractivity contribution in [3.05, 3.63) is 216 Å². The lowest BCUT2D eigenvalue weighted by Crippen LogP contribution is -2.26. The van der Waals surface area contributed by atoms with Gasteiger partial charge in [0.25, 0.3) is 0 Å². The summed E-state index contributed by atoms with van der Waals surface area (Å²) in [7, 11) is 0. The minimum atomic E-state index is -0.0939. The molecule has 1 spiro atoms. The van der Waals surface area contributed by atoms with E-state index in [4.69, 9.17) is 0 Å². The summed E-state index contributed by atoms with van der Waals surface area (Å²) in [6.45, 7) is 0. The second-order valence-corrected chi connectivity index (χ2v) is 14.6. The van der Waals surface area contributed by atoms with Crippen molar-refractivity contribution in [1.82, 2.24) is 4.57 Å². The van der Waals surface area contributed by atoms with Gasteiger partial charge in [-0.25, -0.2) is 0 Å². The van der Waals surface area contributed by atoms with Crippen LogP contribution in [0.4, 0.5) is 17.1 Å². The van der Waals surface area contributed by atoms with Gasteiger partial charge < -0.3 is 9.47 Å². The largest absolute Gasteiger partial charge is 0.310 e. The molecule has 0 amide bonds. The molecule has 0 saturated carbocycles. The number of anilines is 3. The maximum Gasteiger partial charge on any atom is 0.0542 e. The van der Waals surface area contributed by atoms with Gasteiger partial charge in [0.1, 0.15) is 0 Å². The van der Waals surface area contributed by atoms with Gasteiger partial charge in [-0.2, -0.15) is 0 Å². The van der Waals surface area contributed by atoms with Gasteiger partial charge in [0.15, 0.2) is 0 Å². The maximum absolute atomic E-state index is 2.51. The Morgan fingerprint density at radius 2 is 1.00 bits per heavy atom.